The summed E-state index contributed by atoms with van der Waals surface area (Å²) in [5.74, 6) is 0.934. The summed E-state index contributed by atoms with van der Waals surface area (Å²) in [7, 11) is 0. The second-order valence-electron chi connectivity index (χ2n) is 6.00. The molecule has 1 fully saturated rings. The fourth-order valence-corrected chi connectivity index (χ4v) is 2.83. The smallest absolute Gasteiger partial charge is 0.000517 e. The topological polar surface area (TPSA) is 38.0 Å². The SMILES string of the molecule is CC(C)(CNCCCCN)C1CCCCC1. The van der Waals surface area contributed by atoms with Crippen LogP contribution in [0.4, 0.5) is 0 Å². The van der Waals surface area contributed by atoms with Gasteiger partial charge in [-0.05, 0) is 50.1 Å². The van der Waals surface area contributed by atoms with Crippen molar-refractivity contribution in [3.8, 4) is 0 Å². The van der Waals surface area contributed by atoms with Gasteiger partial charge < -0.3 is 11.1 Å². The van der Waals surface area contributed by atoms with Crippen LogP contribution in [0.1, 0.15) is 58.8 Å². The van der Waals surface area contributed by atoms with Gasteiger partial charge in [0.1, 0.15) is 0 Å². The van der Waals surface area contributed by atoms with Crippen LogP contribution in [0.5, 0.6) is 0 Å². The van der Waals surface area contributed by atoms with Crippen molar-refractivity contribution in [1.82, 2.24) is 5.32 Å². The Morgan fingerprint density at radius 1 is 1.12 bits per heavy atom. The van der Waals surface area contributed by atoms with E-state index in [1.165, 1.54) is 45.1 Å². The number of unbranched alkanes of at least 4 members (excludes halogenated alkanes) is 1. The Morgan fingerprint density at radius 3 is 2.44 bits per heavy atom. The molecule has 3 N–H and O–H groups in total. The lowest BCUT2D eigenvalue weighted by Crippen LogP contribution is -2.37. The molecule has 0 heterocycles. The Hall–Kier alpha value is -0.0800. The Balaban J connectivity index is 2.16. The first-order valence-electron chi connectivity index (χ1n) is 7.07. The van der Waals surface area contributed by atoms with Crippen molar-refractivity contribution in [3.63, 3.8) is 0 Å². The fraction of sp³-hybridized carbons (Fsp3) is 1.00. The molecule has 96 valence electrons. The average molecular weight is 226 g/mol. The van der Waals surface area contributed by atoms with E-state index in [0.29, 0.717) is 5.41 Å². The molecule has 0 aliphatic heterocycles. The largest absolute Gasteiger partial charge is 0.330 e. The molecule has 1 aliphatic carbocycles. The number of rotatable bonds is 7. The summed E-state index contributed by atoms with van der Waals surface area (Å²) in [6, 6.07) is 0. The van der Waals surface area contributed by atoms with Gasteiger partial charge in [0.25, 0.3) is 0 Å². The second-order valence-corrected chi connectivity index (χ2v) is 6.00. The van der Waals surface area contributed by atoms with E-state index in [-0.39, 0.29) is 0 Å². The lowest BCUT2D eigenvalue weighted by atomic mass is 9.71. The van der Waals surface area contributed by atoms with Crippen LogP contribution in [0, 0.1) is 11.3 Å². The molecule has 0 spiro atoms. The van der Waals surface area contributed by atoms with E-state index in [2.05, 4.69) is 19.2 Å². The Bertz CT molecular complexity index is 172. The van der Waals surface area contributed by atoms with Gasteiger partial charge in [0.15, 0.2) is 0 Å². The summed E-state index contributed by atoms with van der Waals surface area (Å²) in [6.07, 6.45) is 9.60. The van der Waals surface area contributed by atoms with E-state index in [0.717, 1.165) is 25.4 Å². The standard InChI is InChI=1S/C14H30N2/c1-14(2,12-16-11-7-6-10-15)13-8-4-3-5-9-13/h13,16H,3-12,15H2,1-2H3. The van der Waals surface area contributed by atoms with Gasteiger partial charge in [-0.3, -0.25) is 0 Å². The first kappa shape index (κ1) is 14.0. The van der Waals surface area contributed by atoms with Crippen molar-refractivity contribution in [3.05, 3.63) is 0 Å². The summed E-state index contributed by atoms with van der Waals surface area (Å²) in [5.41, 5.74) is 5.96. The van der Waals surface area contributed by atoms with Crippen molar-refractivity contribution in [2.24, 2.45) is 17.1 Å². The molecule has 0 aromatic carbocycles. The number of nitrogens with one attached hydrogen (secondary N) is 1. The van der Waals surface area contributed by atoms with Gasteiger partial charge in [0.05, 0.1) is 0 Å². The van der Waals surface area contributed by atoms with E-state index in [4.69, 9.17) is 5.73 Å². The highest BCUT2D eigenvalue weighted by Gasteiger charge is 2.29. The number of hydrogen-bond donors (Lipinski definition) is 2. The predicted molar refractivity (Wildman–Crippen MR) is 71.5 cm³/mol. The lowest BCUT2D eigenvalue weighted by molar-refractivity contribution is 0.154. The lowest BCUT2D eigenvalue weighted by Gasteiger charge is -2.37. The van der Waals surface area contributed by atoms with Crippen LogP contribution < -0.4 is 11.1 Å². The van der Waals surface area contributed by atoms with E-state index in [9.17, 15) is 0 Å². The van der Waals surface area contributed by atoms with Crippen LogP contribution in [0.3, 0.4) is 0 Å². The number of nitrogens with two attached hydrogens (primary N) is 1. The van der Waals surface area contributed by atoms with Crippen LogP contribution in [-0.2, 0) is 0 Å². The zero-order valence-electron chi connectivity index (χ0n) is 11.2. The predicted octanol–water partition coefficient (Wildman–Crippen LogP) is 2.92. The third-order valence-electron chi connectivity index (χ3n) is 4.10. The van der Waals surface area contributed by atoms with Gasteiger partial charge in [0.2, 0.25) is 0 Å². The number of hydrogen-bond acceptors (Lipinski definition) is 2. The summed E-state index contributed by atoms with van der Waals surface area (Å²) in [4.78, 5) is 0. The molecule has 0 unspecified atom stereocenters. The van der Waals surface area contributed by atoms with Crippen molar-refractivity contribution < 1.29 is 0 Å². The maximum Gasteiger partial charge on any atom is 0.000517 e. The van der Waals surface area contributed by atoms with Crippen LogP contribution in [-0.4, -0.2) is 19.6 Å². The van der Waals surface area contributed by atoms with Crippen molar-refractivity contribution in [1.29, 1.82) is 0 Å². The molecule has 0 radical (unpaired) electrons. The molecular weight excluding hydrogens is 196 g/mol. The van der Waals surface area contributed by atoms with E-state index in [1.807, 2.05) is 0 Å². The first-order valence-corrected chi connectivity index (χ1v) is 7.07. The van der Waals surface area contributed by atoms with Gasteiger partial charge in [0, 0.05) is 6.54 Å². The average Bonchev–Trinajstić information content (AvgIpc) is 2.30. The van der Waals surface area contributed by atoms with E-state index < -0.39 is 0 Å². The third kappa shape index (κ3) is 4.84. The molecule has 2 heteroatoms. The monoisotopic (exact) mass is 226 g/mol. The van der Waals surface area contributed by atoms with E-state index in [1.54, 1.807) is 0 Å². The van der Waals surface area contributed by atoms with Crippen LogP contribution >= 0.6 is 0 Å². The molecule has 0 atom stereocenters. The van der Waals surface area contributed by atoms with Gasteiger partial charge in [-0.15, -0.1) is 0 Å². The highest BCUT2D eigenvalue weighted by molar-refractivity contribution is 4.82. The van der Waals surface area contributed by atoms with Crippen molar-refractivity contribution in [2.75, 3.05) is 19.6 Å². The molecule has 0 saturated heterocycles. The van der Waals surface area contributed by atoms with Gasteiger partial charge in [-0.1, -0.05) is 33.1 Å². The minimum absolute atomic E-state index is 0.475. The first-order chi connectivity index (χ1) is 7.67. The molecule has 1 saturated carbocycles. The van der Waals surface area contributed by atoms with Gasteiger partial charge in [-0.2, -0.15) is 0 Å². The zero-order chi connectivity index (χ0) is 11.9. The van der Waals surface area contributed by atoms with Crippen LogP contribution in [0.2, 0.25) is 0 Å². The maximum absolute atomic E-state index is 5.49. The molecule has 0 aromatic rings. The second kappa shape index (κ2) is 7.29. The molecule has 16 heavy (non-hydrogen) atoms. The third-order valence-corrected chi connectivity index (χ3v) is 4.10. The normalized spacial score (nSPS) is 18.9. The van der Waals surface area contributed by atoms with Crippen LogP contribution in [0.15, 0.2) is 0 Å². The van der Waals surface area contributed by atoms with Crippen molar-refractivity contribution in [2.45, 2.75) is 58.8 Å². The maximum atomic E-state index is 5.49. The summed E-state index contributed by atoms with van der Waals surface area (Å²) < 4.78 is 0. The molecule has 0 amide bonds. The highest BCUT2D eigenvalue weighted by Crippen LogP contribution is 2.37. The molecular formula is C14H30N2. The van der Waals surface area contributed by atoms with Crippen LogP contribution in [0.25, 0.3) is 0 Å². The molecule has 0 bridgehead atoms. The minimum Gasteiger partial charge on any atom is -0.330 e. The highest BCUT2D eigenvalue weighted by atomic mass is 14.9. The Kier molecular flexibility index (Phi) is 6.37. The fourth-order valence-electron chi connectivity index (χ4n) is 2.83. The molecule has 0 aromatic heterocycles. The summed E-state index contributed by atoms with van der Waals surface area (Å²) in [5, 5.41) is 3.60. The molecule has 1 rings (SSSR count). The molecule has 1 aliphatic rings. The van der Waals surface area contributed by atoms with Gasteiger partial charge in [-0.25, -0.2) is 0 Å². The Morgan fingerprint density at radius 2 is 1.81 bits per heavy atom. The summed E-state index contributed by atoms with van der Waals surface area (Å²) in [6.45, 7) is 7.99. The van der Waals surface area contributed by atoms with Gasteiger partial charge >= 0.3 is 0 Å². The minimum atomic E-state index is 0.475. The molecule has 2 nitrogen and oxygen atoms in total. The quantitative estimate of drug-likeness (QED) is 0.655. The zero-order valence-corrected chi connectivity index (χ0v) is 11.2. The summed E-state index contributed by atoms with van der Waals surface area (Å²) >= 11 is 0. The Labute approximate surface area is 101 Å². The van der Waals surface area contributed by atoms with Crippen molar-refractivity contribution >= 4 is 0 Å². The van der Waals surface area contributed by atoms with E-state index >= 15 is 0 Å².